The Kier molecular flexibility index (Phi) is 4.81. The summed E-state index contributed by atoms with van der Waals surface area (Å²) in [6.07, 6.45) is 6.04. The lowest BCUT2D eigenvalue weighted by molar-refractivity contribution is 0.545. The van der Waals surface area contributed by atoms with Crippen LogP contribution in [-0.2, 0) is 0 Å². The zero-order valence-electron chi connectivity index (χ0n) is 12.0. The smallest absolute Gasteiger partial charge is 0.130 e. The monoisotopic (exact) mass is 264 g/mol. The van der Waals surface area contributed by atoms with Crippen LogP contribution in [0.2, 0.25) is 0 Å². The minimum absolute atomic E-state index is 0.174. The Morgan fingerprint density at radius 2 is 2.16 bits per heavy atom. The van der Waals surface area contributed by atoms with Crippen LogP contribution in [0.1, 0.15) is 57.6 Å². The summed E-state index contributed by atoms with van der Waals surface area (Å²) in [4.78, 5) is 2.38. The molecule has 2 nitrogen and oxygen atoms in total. The number of hydrogen-bond acceptors (Lipinski definition) is 2. The lowest BCUT2D eigenvalue weighted by Crippen LogP contribution is -2.35. The molecule has 0 amide bonds. The van der Waals surface area contributed by atoms with Gasteiger partial charge in [-0.25, -0.2) is 4.39 Å². The third-order valence-electron chi connectivity index (χ3n) is 4.14. The number of hydrogen-bond donors (Lipinski definition) is 1. The van der Waals surface area contributed by atoms with Gasteiger partial charge in [-0.2, -0.15) is 0 Å². The molecule has 1 unspecified atom stereocenters. The van der Waals surface area contributed by atoms with E-state index in [2.05, 4.69) is 11.8 Å². The molecule has 1 heterocycles. The summed E-state index contributed by atoms with van der Waals surface area (Å²) in [5.74, 6) is -0.174. The number of nitrogens with two attached hydrogens (primary N) is 1. The maximum absolute atomic E-state index is 14.1. The van der Waals surface area contributed by atoms with Crippen molar-refractivity contribution in [2.75, 3.05) is 11.4 Å². The number of rotatable bonds is 3. The second-order valence-electron chi connectivity index (χ2n) is 5.57. The SMILES string of the molecule is CCC1CCCCCN1c1cccc(F)c1[C@@H](C)N. The molecule has 0 spiro atoms. The van der Waals surface area contributed by atoms with Crippen LogP contribution in [0.15, 0.2) is 18.2 Å². The molecule has 0 radical (unpaired) electrons. The van der Waals surface area contributed by atoms with Gasteiger partial charge in [0.25, 0.3) is 0 Å². The molecular formula is C16H25FN2. The number of nitrogens with zero attached hydrogens (tertiary/aromatic N) is 1. The van der Waals surface area contributed by atoms with Crippen molar-refractivity contribution < 1.29 is 4.39 Å². The standard InChI is InChI=1S/C16H25FN2/c1-3-13-8-5-4-6-11-19(13)15-10-7-9-14(17)16(15)12(2)18/h7,9-10,12-13H,3-6,8,11,18H2,1-2H3/t12-,13?/m1/s1. The summed E-state index contributed by atoms with van der Waals surface area (Å²) in [5, 5.41) is 0. The largest absolute Gasteiger partial charge is 0.368 e. The number of halogens is 1. The van der Waals surface area contributed by atoms with Gasteiger partial charge in [0.15, 0.2) is 0 Å². The average molecular weight is 264 g/mol. The normalized spacial score (nSPS) is 22.1. The fraction of sp³-hybridized carbons (Fsp3) is 0.625. The zero-order valence-corrected chi connectivity index (χ0v) is 12.0. The summed E-state index contributed by atoms with van der Waals surface area (Å²) in [6, 6.07) is 5.59. The molecule has 3 heteroatoms. The van der Waals surface area contributed by atoms with Gasteiger partial charge >= 0.3 is 0 Å². The van der Waals surface area contributed by atoms with Crippen molar-refractivity contribution in [2.45, 2.75) is 58.0 Å². The first-order valence-electron chi connectivity index (χ1n) is 7.45. The average Bonchev–Trinajstić information content (AvgIpc) is 2.62. The summed E-state index contributed by atoms with van der Waals surface area (Å²) < 4.78 is 14.1. The van der Waals surface area contributed by atoms with E-state index >= 15 is 0 Å². The van der Waals surface area contributed by atoms with Crippen molar-refractivity contribution in [3.05, 3.63) is 29.6 Å². The molecule has 2 atom stereocenters. The van der Waals surface area contributed by atoms with Gasteiger partial charge in [0, 0.05) is 29.9 Å². The molecule has 2 N–H and O–H groups in total. The second kappa shape index (κ2) is 6.38. The number of benzene rings is 1. The van der Waals surface area contributed by atoms with E-state index in [9.17, 15) is 4.39 Å². The molecule has 0 bridgehead atoms. The first kappa shape index (κ1) is 14.3. The van der Waals surface area contributed by atoms with Crippen LogP contribution >= 0.6 is 0 Å². The molecule has 1 aromatic rings. The van der Waals surface area contributed by atoms with Gasteiger partial charge in [-0.1, -0.05) is 25.8 Å². The third-order valence-corrected chi connectivity index (χ3v) is 4.14. The van der Waals surface area contributed by atoms with Crippen LogP contribution in [0.25, 0.3) is 0 Å². The minimum Gasteiger partial charge on any atom is -0.368 e. The van der Waals surface area contributed by atoms with Crippen molar-refractivity contribution >= 4 is 5.69 Å². The highest BCUT2D eigenvalue weighted by Crippen LogP contribution is 2.32. The molecule has 1 aliphatic rings. The van der Waals surface area contributed by atoms with E-state index in [1.807, 2.05) is 13.0 Å². The summed E-state index contributed by atoms with van der Waals surface area (Å²) in [6.45, 7) is 5.09. The lowest BCUT2D eigenvalue weighted by atomic mass is 10.0. The third kappa shape index (κ3) is 3.08. The molecule has 0 aromatic heterocycles. The van der Waals surface area contributed by atoms with Gasteiger partial charge in [0.1, 0.15) is 5.82 Å². The van der Waals surface area contributed by atoms with Gasteiger partial charge in [-0.05, 0) is 38.3 Å². The minimum atomic E-state index is -0.267. The Morgan fingerprint density at radius 1 is 1.37 bits per heavy atom. The first-order chi connectivity index (χ1) is 9.15. The number of anilines is 1. The van der Waals surface area contributed by atoms with E-state index in [-0.39, 0.29) is 11.9 Å². The topological polar surface area (TPSA) is 29.3 Å². The Labute approximate surface area is 115 Å². The van der Waals surface area contributed by atoms with Gasteiger partial charge in [0.2, 0.25) is 0 Å². The van der Waals surface area contributed by atoms with Crippen molar-refractivity contribution in [3.63, 3.8) is 0 Å². The molecule has 1 fully saturated rings. The van der Waals surface area contributed by atoms with Gasteiger partial charge in [0.05, 0.1) is 0 Å². The van der Waals surface area contributed by atoms with Crippen molar-refractivity contribution in [1.29, 1.82) is 0 Å². The zero-order chi connectivity index (χ0) is 13.8. The fourth-order valence-corrected chi connectivity index (χ4v) is 3.15. The molecule has 0 aliphatic carbocycles. The van der Waals surface area contributed by atoms with Crippen molar-refractivity contribution in [2.24, 2.45) is 5.73 Å². The molecule has 2 rings (SSSR count). The van der Waals surface area contributed by atoms with Crippen molar-refractivity contribution in [3.8, 4) is 0 Å². The van der Waals surface area contributed by atoms with Crippen LogP contribution in [-0.4, -0.2) is 12.6 Å². The van der Waals surface area contributed by atoms with Gasteiger partial charge in [-0.15, -0.1) is 0 Å². The highest BCUT2D eigenvalue weighted by atomic mass is 19.1. The van der Waals surface area contributed by atoms with Crippen molar-refractivity contribution in [1.82, 2.24) is 0 Å². The maximum Gasteiger partial charge on any atom is 0.130 e. The van der Waals surface area contributed by atoms with Crippen LogP contribution in [0.4, 0.5) is 10.1 Å². The van der Waals surface area contributed by atoms with Gasteiger partial charge in [-0.3, -0.25) is 0 Å². The Hall–Kier alpha value is -1.09. The Morgan fingerprint density at radius 3 is 2.84 bits per heavy atom. The van der Waals surface area contributed by atoms with Gasteiger partial charge < -0.3 is 10.6 Å². The molecule has 106 valence electrons. The van der Waals surface area contributed by atoms with Crippen LogP contribution in [0.3, 0.4) is 0 Å². The van der Waals surface area contributed by atoms with E-state index < -0.39 is 0 Å². The molecule has 19 heavy (non-hydrogen) atoms. The van der Waals surface area contributed by atoms with E-state index in [1.54, 1.807) is 6.07 Å². The van der Waals surface area contributed by atoms with Crippen LogP contribution < -0.4 is 10.6 Å². The molecule has 1 aromatic carbocycles. The molecule has 1 saturated heterocycles. The molecular weight excluding hydrogens is 239 g/mol. The van der Waals surface area contributed by atoms with Crippen LogP contribution in [0, 0.1) is 5.82 Å². The summed E-state index contributed by atoms with van der Waals surface area (Å²) in [7, 11) is 0. The first-order valence-corrected chi connectivity index (χ1v) is 7.45. The van der Waals surface area contributed by atoms with Crippen LogP contribution in [0.5, 0.6) is 0 Å². The summed E-state index contributed by atoms with van der Waals surface area (Å²) in [5.41, 5.74) is 7.65. The Balaban J connectivity index is 2.40. The lowest BCUT2D eigenvalue weighted by Gasteiger charge is -2.34. The van der Waals surface area contributed by atoms with E-state index in [0.29, 0.717) is 11.6 Å². The van der Waals surface area contributed by atoms with E-state index in [1.165, 1.54) is 31.7 Å². The predicted molar refractivity (Wildman–Crippen MR) is 78.9 cm³/mol. The van der Waals surface area contributed by atoms with E-state index in [0.717, 1.165) is 18.7 Å². The highest BCUT2D eigenvalue weighted by Gasteiger charge is 2.24. The predicted octanol–water partition coefficient (Wildman–Crippen LogP) is 4.00. The molecule has 0 saturated carbocycles. The molecule has 1 aliphatic heterocycles. The Bertz CT molecular complexity index is 417. The quantitative estimate of drug-likeness (QED) is 0.894. The summed E-state index contributed by atoms with van der Waals surface area (Å²) >= 11 is 0. The fourth-order valence-electron chi connectivity index (χ4n) is 3.15. The van der Waals surface area contributed by atoms with E-state index in [4.69, 9.17) is 5.73 Å². The highest BCUT2D eigenvalue weighted by molar-refractivity contribution is 5.56. The maximum atomic E-state index is 14.1. The second-order valence-corrected chi connectivity index (χ2v) is 5.57.